The highest BCUT2D eigenvalue weighted by atomic mass is 32.2. The van der Waals surface area contributed by atoms with Gasteiger partial charge in [-0.2, -0.15) is 54.1 Å². The largest absolute Gasteiger partial charge is 0.395 e. The summed E-state index contributed by atoms with van der Waals surface area (Å²) in [6.45, 7) is -1.35. The maximum Gasteiger partial charge on any atom is 0.270 e. The van der Waals surface area contributed by atoms with Crippen LogP contribution in [-0.2, 0) is 60.0 Å². The molecule has 0 radical (unpaired) electrons. The minimum Gasteiger partial charge on any atom is -0.395 e. The van der Waals surface area contributed by atoms with Gasteiger partial charge in [-0.1, -0.05) is 0 Å². The van der Waals surface area contributed by atoms with Gasteiger partial charge in [0.1, 0.15) is 60.3 Å². The summed E-state index contributed by atoms with van der Waals surface area (Å²) < 4.78 is 147. The number of azo groups is 2. The number of hydrogen-bond acceptors (Lipinski definition) is 38. The van der Waals surface area contributed by atoms with Gasteiger partial charge >= 0.3 is 0 Å². The lowest BCUT2D eigenvalue weighted by Gasteiger charge is -2.52. The molecule has 9 rings (SSSR count). The molecule has 9 fully saturated rings. The first-order chi connectivity index (χ1) is 48.5. The molecule has 2 aliphatic heterocycles. The number of aliphatic hydroxyl groups excluding tert-OH is 6. The third kappa shape index (κ3) is 22.5. The number of nitrogens with zero attached hydrogens (tertiary/aromatic N) is 6. The van der Waals surface area contributed by atoms with Crippen LogP contribution in [0.5, 0.6) is 0 Å². The topological polar surface area (TPSA) is 633 Å². The van der Waals surface area contributed by atoms with Gasteiger partial charge in [-0.15, -0.1) is 0 Å². The van der Waals surface area contributed by atoms with E-state index < -0.39 is 171 Å². The molecular formula is C56H108N16O26S4. The molecule has 7 saturated carbocycles. The summed E-state index contributed by atoms with van der Waals surface area (Å²) in [6.07, 6.45) is -5.88. The van der Waals surface area contributed by atoms with Crippen molar-refractivity contribution in [2.24, 2.45) is 67.8 Å². The predicted octanol–water partition coefficient (Wildman–Crippen LogP) is -4.99. The van der Waals surface area contributed by atoms with Crippen molar-refractivity contribution in [1.82, 2.24) is 63.0 Å². The zero-order valence-electron chi connectivity index (χ0n) is 56.4. The van der Waals surface area contributed by atoms with Crippen LogP contribution in [0.1, 0.15) is 103 Å². The molecule has 0 aromatic heterocycles. The number of aliphatic hydroxyl groups is 6. The van der Waals surface area contributed by atoms with Crippen LogP contribution < -0.4 is 53.2 Å². The van der Waals surface area contributed by atoms with E-state index >= 15 is 0 Å². The number of nitrogens with one attached hydrogen (secondary N) is 10. The maximum absolute atomic E-state index is 13.2. The van der Waals surface area contributed by atoms with Crippen LogP contribution in [0.2, 0.25) is 0 Å². The molecule has 102 heavy (non-hydrogen) atoms. The lowest BCUT2D eigenvalue weighted by atomic mass is 9.65. The minimum atomic E-state index is -4.99. The first-order valence-corrected chi connectivity index (χ1v) is 41.1. The van der Waals surface area contributed by atoms with Crippen LogP contribution in [0.4, 0.5) is 0 Å². The molecule has 0 aromatic carbocycles. The van der Waals surface area contributed by atoms with E-state index in [9.17, 15) is 104 Å². The maximum atomic E-state index is 13.2. The first-order valence-electron chi connectivity index (χ1n) is 35.1. The fourth-order valence-electron chi connectivity index (χ4n) is 18.0. The first kappa shape index (κ1) is 83.8. The lowest BCUT2D eigenvalue weighted by molar-refractivity contribution is -0.263. The van der Waals surface area contributed by atoms with Crippen molar-refractivity contribution in [1.29, 1.82) is 0 Å². The third-order valence-corrected chi connectivity index (χ3v) is 27.3. The summed E-state index contributed by atoms with van der Waals surface area (Å²) in [5.41, 5.74) is 0. The summed E-state index contributed by atoms with van der Waals surface area (Å²) >= 11 is 0. The zero-order valence-corrected chi connectivity index (χ0v) is 59.7. The molecule has 46 heteroatoms. The SMILES string of the molecule is O=S(=O)(O)C1CC2CC(S(=O)(=O)O)C(N=NC3CC(COO)CC(COO)C3)C(O)C2C(NC2NC(NC3CCC(NC4NC(NC5CC(S(=O)(=O)O)CC6CC(S(=O)(=O)O)C(N=NC7CC(COO)CC(COO)C7)C(O)C65)NC(N(CCO)CCO)N4)CC3)NC(N(CCO)CCO)N2)C1. The molecule has 0 aromatic rings. The van der Waals surface area contributed by atoms with Crippen molar-refractivity contribution < 1.29 is 123 Å². The molecule has 24 atom stereocenters. The van der Waals surface area contributed by atoms with Gasteiger partial charge in [-0.25, -0.2) is 19.6 Å². The van der Waals surface area contributed by atoms with Crippen molar-refractivity contribution in [2.45, 2.75) is 222 Å². The van der Waals surface area contributed by atoms with Gasteiger partial charge in [0.05, 0.1) is 87.6 Å². The Bertz CT molecular complexity index is 2890. The Balaban J connectivity index is 0.904. The fraction of sp³-hybridized carbons (Fsp3) is 1.00. The smallest absolute Gasteiger partial charge is 0.270 e. The van der Waals surface area contributed by atoms with Gasteiger partial charge < -0.3 is 30.6 Å². The van der Waals surface area contributed by atoms with Gasteiger partial charge in [0.25, 0.3) is 40.5 Å². The van der Waals surface area contributed by atoms with Gasteiger partial charge in [0, 0.05) is 62.2 Å². The minimum absolute atomic E-state index is 0.0646. The Hall–Kier alpha value is -2.20. The fourth-order valence-corrected chi connectivity index (χ4v) is 22.0. The molecule has 24 unspecified atom stereocenters. The summed E-state index contributed by atoms with van der Waals surface area (Å²) in [7, 11) is -19.5. The Morgan fingerprint density at radius 3 is 0.961 bits per heavy atom. The second-order valence-corrected chi connectivity index (χ2v) is 35.9. The Labute approximate surface area is 592 Å². The second kappa shape index (κ2) is 38.0. The van der Waals surface area contributed by atoms with E-state index in [1.165, 1.54) is 0 Å². The third-order valence-electron chi connectivity index (χ3n) is 22.4. The van der Waals surface area contributed by atoms with E-state index in [0.29, 0.717) is 64.2 Å². The predicted molar refractivity (Wildman–Crippen MR) is 355 cm³/mol. The Kier molecular flexibility index (Phi) is 31.2. The average molecular weight is 1550 g/mol. The van der Waals surface area contributed by atoms with Gasteiger partial charge in [0.2, 0.25) is 0 Å². The molecule has 2 heterocycles. The summed E-state index contributed by atoms with van der Waals surface area (Å²) in [6, 6.07) is -6.79. The van der Waals surface area contributed by atoms with Crippen LogP contribution in [0.3, 0.4) is 0 Å². The molecule has 0 spiro atoms. The summed E-state index contributed by atoms with van der Waals surface area (Å²) in [4.78, 5) is 21.0. The standard InChI is InChI=1S/C56H108N16O26S4/c73-9-5-71(6-10-74)55-63-51(61-53(65-55)59-41-23-39(99(83,84)85)19-33-21-43(101(89,90)91)47(49(77)45(33)41)69-67-37-15-29(25-95-79)13-30(16-37)26-96-80)57-35-1-2-36(4-3-35)58-52-62-54(66-56(64-52)72(7-11-75)8-12-76)60-42-24-40(100(86,87)88)20-34-22-44(102(92,93)94)48(50(78)46(34)42)70-68-38-17-31(27-97-81)14-32(18-38)28-98-82/h29-66,73-82H,1-28H2,(H,83,84,85)(H,86,87,88)(H,89,90,91)(H,92,93,94). The summed E-state index contributed by atoms with van der Waals surface area (Å²) in [5.74, 6) is -4.83. The van der Waals surface area contributed by atoms with Crippen LogP contribution >= 0.6 is 0 Å². The Morgan fingerprint density at radius 1 is 0.382 bits per heavy atom. The highest BCUT2D eigenvalue weighted by Crippen LogP contribution is 2.48. The molecule has 42 nitrogen and oxygen atoms in total. The number of rotatable bonds is 34. The van der Waals surface area contributed by atoms with Crippen molar-refractivity contribution in [3.05, 3.63) is 0 Å². The van der Waals surface area contributed by atoms with Crippen molar-refractivity contribution >= 4 is 40.5 Å². The molecule has 0 bridgehead atoms. The average Bonchev–Trinajstić information content (AvgIpc) is 0.752. The van der Waals surface area contributed by atoms with Gasteiger partial charge in [-0.3, -0.25) is 102 Å². The van der Waals surface area contributed by atoms with Gasteiger partial charge in [0.15, 0.2) is 0 Å². The Morgan fingerprint density at radius 2 is 0.686 bits per heavy atom. The number of fused-ring (bicyclic) bond motifs is 2. The van der Waals surface area contributed by atoms with E-state index in [1.807, 2.05) is 0 Å². The van der Waals surface area contributed by atoms with Crippen molar-refractivity contribution in [2.75, 3.05) is 79.0 Å². The highest BCUT2D eigenvalue weighted by molar-refractivity contribution is 7.87. The van der Waals surface area contributed by atoms with Crippen LogP contribution in [0, 0.1) is 47.3 Å². The summed E-state index contributed by atoms with van der Waals surface area (Å²) in [5, 5.41) is 148. The molecule has 24 N–H and O–H groups in total. The molecule has 7 aliphatic carbocycles. The van der Waals surface area contributed by atoms with E-state index in [4.69, 9.17) is 0 Å². The molecular weight excluding hydrogens is 1440 g/mol. The molecule has 0 amide bonds. The van der Waals surface area contributed by atoms with E-state index in [0.717, 1.165) is 0 Å². The molecule has 9 aliphatic rings. The molecule has 2 saturated heterocycles. The normalized spacial score (nSPS) is 40.8. The monoisotopic (exact) mass is 1550 g/mol. The van der Waals surface area contributed by atoms with E-state index in [1.54, 1.807) is 9.80 Å². The number of hydrogen-bond donors (Lipinski definition) is 24. The van der Waals surface area contributed by atoms with Crippen molar-refractivity contribution in [3.63, 3.8) is 0 Å². The van der Waals surface area contributed by atoms with Crippen molar-refractivity contribution in [3.8, 4) is 0 Å². The zero-order chi connectivity index (χ0) is 73.8. The van der Waals surface area contributed by atoms with E-state index in [2.05, 4.69) is 93.2 Å². The van der Waals surface area contributed by atoms with E-state index in [-0.39, 0.29) is 153 Å². The quantitative estimate of drug-likeness (QED) is 0.0124. The highest BCUT2D eigenvalue weighted by Gasteiger charge is 2.58. The van der Waals surface area contributed by atoms with Crippen LogP contribution in [0.25, 0.3) is 0 Å². The van der Waals surface area contributed by atoms with Gasteiger partial charge in [-0.05, 0) is 138 Å². The van der Waals surface area contributed by atoms with Crippen LogP contribution in [0.15, 0.2) is 20.5 Å². The lowest BCUT2D eigenvalue weighted by Crippen LogP contribution is -2.80. The second-order valence-electron chi connectivity index (χ2n) is 29.2. The molecule has 592 valence electrons. The van der Waals surface area contributed by atoms with Crippen LogP contribution in [-0.4, -0.2) is 312 Å².